The number of pyridine rings is 1. The first-order chi connectivity index (χ1) is 18.0. The van der Waals surface area contributed by atoms with Gasteiger partial charge in [0.05, 0.1) is 11.4 Å². The number of hydrogen-bond acceptors (Lipinski definition) is 6. The van der Waals surface area contributed by atoms with Gasteiger partial charge in [-0.05, 0) is 70.5 Å². The second-order valence-electron chi connectivity index (χ2n) is 11.1. The molecule has 1 aromatic carbocycles. The SMILES string of the molecule is Cc1cc2c(cc1C(=O)N1C[C@H](C)N(Cc3ccccn3)C[C@H]1C)c(-c1ccnc(C(C)(C)O)n1)cn2C. The van der Waals surface area contributed by atoms with Gasteiger partial charge in [-0.15, -0.1) is 0 Å². The van der Waals surface area contributed by atoms with Crippen LogP contribution in [0.25, 0.3) is 22.2 Å². The molecule has 8 heteroatoms. The second kappa shape index (κ2) is 9.93. The van der Waals surface area contributed by atoms with Gasteiger partial charge in [-0.2, -0.15) is 0 Å². The van der Waals surface area contributed by atoms with Crippen LogP contribution >= 0.6 is 0 Å². The Morgan fingerprint density at radius 1 is 1.08 bits per heavy atom. The van der Waals surface area contributed by atoms with Gasteiger partial charge >= 0.3 is 0 Å². The van der Waals surface area contributed by atoms with Crippen LogP contribution in [0.5, 0.6) is 0 Å². The van der Waals surface area contributed by atoms with Crippen LogP contribution in [0.2, 0.25) is 0 Å². The molecular formula is C30H36N6O2. The Bertz CT molecular complexity index is 1470. The lowest BCUT2D eigenvalue weighted by molar-refractivity contribution is 0.0286. The van der Waals surface area contributed by atoms with E-state index in [0.29, 0.717) is 17.9 Å². The Morgan fingerprint density at radius 3 is 2.58 bits per heavy atom. The molecule has 0 saturated carbocycles. The Labute approximate surface area is 224 Å². The van der Waals surface area contributed by atoms with Gasteiger partial charge in [-0.1, -0.05) is 6.07 Å². The highest BCUT2D eigenvalue weighted by Gasteiger charge is 2.33. The molecular weight excluding hydrogens is 476 g/mol. The number of nitrogens with zero attached hydrogens (tertiary/aromatic N) is 6. The summed E-state index contributed by atoms with van der Waals surface area (Å²) in [6.45, 7) is 11.9. The Balaban J connectivity index is 1.46. The number of fused-ring (bicyclic) bond motifs is 1. The number of piperazine rings is 1. The van der Waals surface area contributed by atoms with E-state index < -0.39 is 5.60 Å². The molecule has 0 bridgehead atoms. The third-order valence-electron chi connectivity index (χ3n) is 7.51. The van der Waals surface area contributed by atoms with Crippen molar-refractivity contribution in [1.29, 1.82) is 0 Å². The Morgan fingerprint density at radius 2 is 1.87 bits per heavy atom. The second-order valence-corrected chi connectivity index (χ2v) is 11.1. The van der Waals surface area contributed by atoms with Crippen molar-refractivity contribution in [3.63, 3.8) is 0 Å². The lowest BCUT2D eigenvalue weighted by Gasteiger charge is -2.44. The zero-order valence-electron chi connectivity index (χ0n) is 23.0. The summed E-state index contributed by atoms with van der Waals surface area (Å²) < 4.78 is 2.05. The summed E-state index contributed by atoms with van der Waals surface area (Å²) in [6.07, 6.45) is 5.52. The van der Waals surface area contributed by atoms with Crippen LogP contribution in [0, 0.1) is 6.92 Å². The van der Waals surface area contributed by atoms with Gasteiger partial charge in [-0.3, -0.25) is 14.7 Å². The molecule has 0 radical (unpaired) electrons. The lowest BCUT2D eigenvalue weighted by atomic mass is 9.99. The van der Waals surface area contributed by atoms with Crippen LogP contribution in [0.4, 0.5) is 0 Å². The van der Waals surface area contributed by atoms with Crippen molar-refractivity contribution in [2.45, 2.75) is 58.8 Å². The number of benzene rings is 1. The first-order valence-electron chi connectivity index (χ1n) is 13.1. The Kier molecular flexibility index (Phi) is 6.79. The molecule has 38 heavy (non-hydrogen) atoms. The van der Waals surface area contributed by atoms with Crippen molar-refractivity contribution in [3.8, 4) is 11.3 Å². The molecule has 1 amide bonds. The highest BCUT2D eigenvalue weighted by molar-refractivity contribution is 6.04. The van der Waals surface area contributed by atoms with Crippen molar-refractivity contribution < 1.29 is 9.90 Å². The van der Waals surface area contributed by atoms with Crippen molar-refractivity contribution in [3.05, 3.63) is 77.6 Å². The number of carbonyl (C=O) groups is 1. The van der Waals surface area contributed by atoms with Gasteiger partial charge in [0.15, 0.2) is 5.82 Å². The maximum atomic E-state index is 14.0. The summed E-state index contributed by atoms with van der Waals surface area (Å²) in [5.74, 6) is 0.415. The highest BCUT2D eigenvalue weighted by Crippen LogP contribution is 2.33. The number of amides is 1. The van der Waals surface area contributed by atoms with E-state index in [9.17, 15) is 9.90 Å². The monoisotopic (exact) mass is 512 g/mol. The summed E-state index contributed by atoms with van der Waals surface area (Å²) in [5, 5.41) is 11.4. The molecule has 3 aromatic heterocycles. The van der Waals surface area contributed by atoms with E-state index in [-0.39, 0.29) is 18.0 Å². The van der Waals surface area contributed by atoms with Crippen LogP contribution in [-0.2, 0) is 19.2 Å². The van der Waals surface area contributed by atoms with Crippen molar-refractivity contribution in [2.24, 2.45) is 7.05 Å². The van der Waals surface area contributed by atoms with E-state index in [4.69, 9.17) is 0 Å². The molecule has 0 unspecified atom stereocenters. The highest BCUT2D eigenvalue weighted by atomic mass is 16.3. The molecule has 0 aliphatic carbocycles. The third-order valence-corrected chi connectivity index (χ3v) is 7.51. The number of rotatable bonds is 5. The number of aryl methyl sites for hydroxylation is 2. The minimum absolute atomic E-state index is 0.0518. The van der Waals surface area contributed by atoms with E-state index in [1.54, 1.807) is 20.0 Å². The summed E-state index contributed by atoms with van der Waals surface area (Å²) in [6, 6.07) is 12.2. The Hall–Kier alpha value is -3.62. The average Bonchev–Trinajstić information content (AvgIpc) is 3.20. The smallest absolute Gasteiger partial charge is 0.254 e. The van der Waals surface area contributed by atoms with E-state index in [2.05, 4.69) is 44.3 Å². The van der Waals surface area contributed by atoms with E-state index >= 15 is 0 Å². The molecule has 1 saturated heterocycles. The van der Waals surface area contributed by atoms with Crippen LogP contribution in [-0.4, -0.2) is 65.5 Å². The minimum atomic E-state index is -1.15. The molecule has 0 spiro atoms. The molecule has 1 N–H and O–H groups in total. The number of carbonyl (C=O) groups excluding carboxylic acids is 1. The van der Waals surface area contributed by atoms with Crippen molar-refractivity contribution >= 4 is 16.8 Å². The first kappa shape index (κ1) is 26.0. The van der Waals surface area contributed by atoms with Gasteiger partial charge < -0.3 is 14.6 Å². The van der Waals surface area contributed by atoms with Gasteiger partial charge in [-0.25, -0.2) is 9.97 Å². The lowest BCUT2D eigenvalue weighted by Crippen LogP contribution is -2.57. The molecule has 198 valence electrons. The maximum absolute atomic E-state index is 14.0. The molecule has 1 aliphatic heterocycles. The van der Waals surface area contributed by atoms with E-state index in [0.717, 1.165) is 46.5 Å². The molecule has 4 aromatic rings. The van der Waals surface area contributed by atoms with Crippen molar-refractivity contribution in [2.75, 3.05) is 13.1 Å². The fourth-order valence-electron chi connectivity index (χ4n) is 5.33. The zero-order chi connectivity index (χ0) is 27.2. The molecule has 4 heterocycles. The summed E-state index contributed by atoms with van der Waals surface area (Å²) in [4.78, 5) is 31.7. The fourth-order valence-corrected chi connectivity index (χ4v) is 5.33. The quantitative estimate of drug-likeness (QED) is 0.429. The van der Waals surface area contributed by atoms with Gasteiger partial charge in [0.2, 0.25) is 0 Å². The van der Waals surface area contributed by atoms with Crippen LogP contribution < -0.4 is 0 Å². The number of aliphatic hydroxyl groups is 1. The summed E-state index contributed by atoms with van der Waals surface area (Å²) >= 11 is 0. The fraction of sp³-hybridized carbons (Fsp3) is 0.400. The van der Waals surface area contributed by atoms with Crippen LogP contribution in [0.1, 0.15) is 55.1 Å². The predicted octanol–water partition coefficient (Wildman–Crippen LogP) is 4.30. The van der Waals surface area contributed by atoms with Gasteiger partial charge in [0.25, 0.3) is 5.91 Å². The van der Waals surface area contributed by atoms with Gasteiger partial charge in [0.1, 0.15) is 5.60 Å². The van der Waals surface area contributed by atoms with E-state index in [1.165, 1.54) is 0 Å². The first-order valence-corrected chi connectivity index (χ1v) is 13.1. The van der Waals surface area contributed by atoms with Crippen LogP contribution in [0.3, 0.4) is 0 Å². The summed E-state index contributed by atoms with van der Waals surface area (Å²) in [5.41, 5.74) is 4.20. The maximum Gasteiger partial charge on any atom is 0.254 e. The minimum Gasteiger partial charge on any atom is -0.382 e. The molecule has 2 atom stereocenters. The molecule has 1 aliphatic rings. The van der Waals surface area contributed by atoms with Gasteiger partial charge in [0, 0.05) is 79.4 Å². The van der Waals surface area contributed by atoms with E-state index in [1.807, 2.05) is 61.6 Å². The summed E-state index contributed by atoms with van der Waals surface area (Å²) in [7, 11) is 2.00. The predicted molar refractivity (Wildman–Crippen MR) is 149 cm³/mol. The standard InChI is InChI=1S/C30H36N6O2/c1-19-13-27-24(25(18-34(27)6)26-10-12-32-29(33-26)30(4,5)38)14-23(19)28(37)36-16-20(2)35(15-21(36)3)17-22-9-7-8-11-31-22/h7-14,18,20-21,38H,15-17H2,1-6H3/t20-,21+/m0/s1. The largest absolute Gasteiger partial charge is 0.382 e. The molecule has 8 nitrogen and oxygen atoms in total. The third kappa shape index (κ3) is 4.93. The zero-order valence-corrected chi connectivity index (χ0v) is 23.0. The molecule has 1 fully saturated rings. The normalized spacial score (nSPS) is 18.8. The van der Waals surface area contributed by atoms with Crippen LogP contribution in [0.15, 0.2) is 55.0 Å². The van der Waals surface area contributed by atoms with Crippen molar-refractivity contribution in [1.82, 2.24) is 29.3 Å². The number of aromatic nitrogens is 4. The topological polar surface area (TPSA) is 87.4 Å². The molecule has 5 rings (SSSR count). The average molecular weight is 513 g/mol. The number of hydrogen-bond donors (Lipinski definition) is 1.